The molecule has 45 heavy (non-hydrogen) atoms. The maximum Gasteiger partial charge on any atom is 0.0180 e. The molecular weight excluding hydrogens is 540 g/mol. The number of hydrogen-bond acceptors (Lipinski definition) is 0. The molecule has 9 aliphatic carbocycles. The van der Waals surface area contributed by atoms with Gasteiger partial charge < -0.3 is 0 Å². The van der Waals surface area contributed by atoms with Gasteiger partial charge >= 0.3 is 0 Å². The Kier molecular flexibility index (Phi) is 2.38. The third kappa shape index (κ3) is 1.54. The zero-order chi connectivity index (χ0) is 27.7. The van der Waals surface area contributed by atoms with Crippen molar-refractivity contribution in [2.45, 2.75) is 50.4 Å². The number of rotatable bonds is 0. The maximum atomic E-state index is 2.80. The van der Waals surface area contributed by atoms with Gasteiger partial charge in [0, 0.05) is 17.8 Å². The molecule has 0 heteroatoms. The highest BCUT2D eigenvalue weighted by Crippen LogP contribution is 2.68. The van der Waals surface area contributed by atoms with E-state index in [1.54, 1.807) is 136 Å². The molecule has 5 atom stereocenters. The molecule has 8 aromatic carbocycles. The van der Waals surface area contributed by atoms with Crippen LogP contribution in [0.5, 0.6) is 0 Å². The summed E-state index contributed by atoms with van der Waals surface area (Å²) in [5.41, 5.74) is 17.1. The van der Waals surface area contributed by atoms with E-state index in [0.717, 1.165) is 6.42 Å². The topological polar surface area (TPSA) is 0 Å². The minimum Gasteiger partial charge on any atom is -0.0763 e. The van der Waals surface area contributed by atoms with Gasteiger partial charge in [-0.1, -0.05) is 36.4 Å². The molecule has 1 saturated carbocycles. The molecule has 9 aliphatic rings. The molecule has 0 aromatic heterocycles. The van der Waals surface area contributed by atoms with Crippen molar-refractivity contribution in [1.29, 1.82) is 0 Å². The van der Waals surface area contributed by atoms with Gasteiger partial charge in [0.05, 0.1) is 0 Å². The van der Waals surface area contributed by atoms with Crippen LogP contribution in [-0.2, 0) is 12.8 Å². The summed E-state index contributed by atoms with van der Waals surface area (Å²) in [7, 11) is 0. The van der Waals surface area contributed by atoms with Crippen LogP contribution in [-0.4, -0.2) is 0 Å². The van der Waals surface area contributed by atoms with E-state index in [9.17, 15) is 0 Å². The molecule has 0 amide bonds. The molecule has 0 heterocycles. The van der Waals surface area contributed by atoms with Crippen LogP contribution in [0.15, 0.2) is 30.4 Å². The molecule has 17 rings (SSSR count). The fourth-order valence-corrected chi connectivity index (χ4v) is 14.6. The van der Waals surface area contributed by atoms with Gasteiger partial charge in [-0.2, -0.15) is 0 Å². The second-order valence-electron chi connectivity index (χ2n) is 16.7. The lowest BCUT2D eigenvalue weighted by molar-refractivity contribution is 0.443. The first-order valence-electron chi connectivity index (χ1n) is 17.8. The third-order valence-electron chi connectivity index (χ3n) is 15.5. The average molecular weight is 565 g/mol. The van der Waals surface area contributed by atoms with Crippen LogP contribution in [0.25, 0.3) is 104 Å². The van der Waals surface area contributed by atoms with E-state index >= 15 is 0 Å². The Morgan fingerprint density at radius 1 is 0.511 bits per heavy atom. The first-order chi connectivity index (χ1) is 22.3. The van der Waals surface area contributed by atoms with Crippen molar-refractivity contribution in [2.24, 2.45) is 17.8 Å². The van der Waals surface area contributed by atoms with Crippen LogP contribution in [0.4, 0.5) is 0 Å². The molecule has 0 bridgehead atoms. The summed E-state index contributed by atoms with van der Waals surface area (Å²) in [5.74, 6) is 2.94. The molecule has 8 aromatic rings. The number of benzene rings is 6. The summed E-state index contributed by atoms with van der Waals surface area (Å²) in [5, 5.41) is 28.3. The molecule has 5 unspecified atom stereocenters. The highest BCUT2D eigenvalue weighted by atomic mass is 14.5. The van der Waals surface area contributed by atoms with E-state index < -0.39 is 0 Å². The van der Waals surface area contributed by atoms with Crippen molar-refractivity contribution in [3.63, 3.8) is 0 Å². The van der Waals surface area contributed by atoms with Crippen LogP contribution >= 0.6 is 0 Å². The van der Waals surface area contributed by atoms with E-state index in [0.29, 0.717) is 29.6 Å². The van der Waals surface area contributed by atoms with Gasteiger partial charge in [-0.05, 0) is 203 Å². The van der Waals surface area contributed by atoms with Crippen molar-refractivity contribution in [3.8, 4) is 0 Å². The Morgan fingerprint density at radius 3 is 2.29 bits per heavy atom. The van der Waals surface area contributed by atoms with E-state index in [4.69, 9.17) is 0 Å². The quantitative estimate of drug-likeness (QED) is 0.128. The van der Waals surface area contributed by atoms with Crippen molar-refractivity contribution in [1.82, 2.24) is 0 Å². The Hall–Kier alpha value is -4.42. The zero-order valence-electron chi connectivity index (χ0n) is 24.7. The third-order valence-corrected chi connectivity index (χ3v) is 15.5. The molecule has 0 aliphatic heterocycles. The van der Waals surface area contributed by atoms with Gasteiger partial charge in [0.1, 0.15) is 0 Å². The lowest BCUT2D eigenvalue weighted by Crippen LogP contribution is -2.36. The number of hydrogen-bond donors (Lipinski definition) is 0. The molecule has 0 radical (unpaired) electrons. The van der Waals surface area contributed by atoms with Crippen molar-refractivity contribution in [3.05, 3.63) is 85.0 Å². The first-order valence-corrected chi connectivity index (χ1v) is 17.8. The fraction of sp³-hybridized carbons (Fsp3) is 0.244. The molecule has 204 valence electrons. The van der Waals surface area contributed by atoms with Gasteiger partial charge in [-0.3, -0.25) is 0 Å². The van der Waals surface area contributed by atoms with Crippen LogP contribution in [0.1, 0.15) is 76.5 Å². The summed E-state index contributed by atoms with van der Waals surface area (Å²) in [6.07, 6.45) is 18.4. The van der Waals surface area contributed by atoms with Gasteiger partial charge in [0.2, 0.25) is 0 Å². The maximum absolute atomic E-state index is 2.80. The predicted molar refractivity (Wildman–Crippen MR) is 186 cm³/mol. The number of aryl methyl sites for hydroxylation is 1. The molecular formula is C45H24. The van der Waals surface area contributed by atoms with Crippen molar-refractivity contribution < 1.29 is 0 Å². The first kappa shape index (κ1) is 19.9. The van der Waals surface area contributed by atoms with Crippen molar-refractivity contribution >= 4 is 104 Å². The summed E-state index contributed by atoms with van der Waals surface area (Å²) < 4.78 is 0. The minimum atomic E-state index is 0.509. The van der Waals surface area contributed by atoms with Gasteiger partial charge in [-0.25, -0.2) is 0 Å². The second kappa shape index (κ2) is 5.39. The average Bonchev–Trinajstić information content (AvgIpc) is 3.74. The van der Waals surface area contributed by atoms with Gasteiger partial charge in [0.25, 0.3) is 0 Å². The SMILES string of the molecule is C1=C2CCc3cc4c5c6c7c8c9c%10c%11c(cc%12cc%13c%14c%15c%12c%11c8c%15c8c(c2c3c5c87)C%14C1CC=%13)CC%10=CC1CCC(C=4)C=6C91. The fourth-order valence-electron chi connectivity index (χ4n) is 14.6. The van der Waals surface area contributed by atoms with E-state index in [2.05, 4.69) is 42.5 Å². The lowest BCUT2D eigenvalue weighted by Gasteiger charge is -2.44. The van der Waals surface area contributed by atoms with Crippen LogP contribution in [0.3, 0.4) is 0 Å². The normalized spacial score (nSPS) is 29.2. The van der Waals surface area contributed by atoms with E-state index in [1.807, 2.05) is 5.57 Å². The smallest absolute Gasteiger partial charge is 0.0180 e. The van der Waals surface area contributed by atoms with Crippen molar-refractivity contribution in [2.75, 3.05) is 0 Å². The number of allylic oxidation sites excluding steroid dienone is 4. The molecule has 1 fully saturated rings. The summed E-state index contributed by atoms with van der Waals surface area (Å²) in [4.78, 5) is 0. The van der Waals surface area contributed by atoms with E-state index in [1.165, 1.54) is 37.5 Å². The van der Waals surface area contributed by atoms with Crippen LogP contribution in [0, 0.1) is 17.8 Å². The molecule has 0 N–H and O–H groups in total. The molecule has 0 saturated heterocycles. The molecule has 0 spiro atoms. The standard InChI is InChI=1S/C45H24/c1-3-16-8-20-9-17-5-6-18-10-21-12-23-13-22-11-19-4-2-15-7-14(1)24-27(16)36-32(20)37-29(17)26(18)35-30(21)31(23)39-33(22)38-28(19)25(15)34(24)40-42(36)44(37)41(35)45(39)43(38)40/h4,7-11,13,15,17-18,25-26H,1-3,5-6,12H2. The Labute approximate surface area is 256 Å². The monoisotopic (exact) mass is 564 g/mol. The van der Waals surface area contributed by atoms with Crippen LogP contribution < -0.4 is 15.7 Å². The second-order valence-corrected chi connectivity index (χ2v) is 16.7. The molecule has 0 nitrogen and oxygen atoms in total. The Balaban J connectivity index is 1.39. The van der Waals surface area contributed by atoms with E-state index in [-0.39, 0.29) is 0 Å². The van der Waals surface area contributed by atoms with Gasteiger partial charge in [-0.15, -0.1) is 0 Å². The Morgan fingerprint density at radius 2 is 1.29 bits per heavy atom. The zero-order valence-corrected chi connectivity index (χ0v) is 24.7. The van der Waals surface area contributed by atoms with Gasteiger partial charge in [0.15, 0.2) is 0 Å². The summed E-state index contributed by atoms with van der Waals surface area (Å²) in [6.45, 7) is 0. The highest BCUT2D eigenvalue weighted by molar-refractivity contribution is 6.52. The highest BCUT2D eigenvalue weighted by Gasteiger charge is 2.50. The van der Waals surface area contributed by atoms with Crippen LogP contribution in [0.2, 0.25) is 0 Å². The Bertz CT molecular complexity index is 3320. The lowest BCUT2D eigenvalue weighted by atomic mass is 9.59. The largest absolute Gasteiger partial charge is 0.0763 e. The minimum absolute atomic E-state index is 0.509. The summed E-state index contributed by atoms with van der Waals surface area (Å²) in [6, 6.07) is 7.99. The predicted octanol–water partition coefficient (Wildman–Crippen LogP) is 8.40. The summed E-state index contributed by atoms with van der Waals surface area (Å²) >= 11 is 0.